The van der Waals surface area contributed by atoms with E-state index in [9.17, 15) is 4.79 Å². The van der Waals surface area contributed by atoms with E-state index in [0.717, 1.165) is 17.0 Å². The predicted octanol–water partition coefficient (Wildman–Crippen LogP) is 0.501. The van der Waals surface area contributed by atoms with Crippen LogP contribution in [0.15, 0.2) is 17.4 Å². The number of hydrazine groups is 1. The highest BCUT2D eigenvalue weighted by Crippen LogP contribution is 2.24. The Hall–Kier alpha value is -2.26. The molecule has 0 aliphatic carbocycles. The fourth-order valence-corrected chi connectivity index (χ4v) is 3.10. The lowest BCUT2D eigenvalue weighted by Crippen LogP contribution is -2.54. The van der Waals surface area contributed by atoms with Crippen LogP contribution in [0.4, 0.5) is 0 Å². The molecule has 9 heteroatoms. The van der Waals surface area contributed by atoms with Crippen LogP contribution < -0.4 is 10.6 Å². The molecule has 0 bridgehead atoms. The fourth-order valence-electron chi connectivity index (χ4n) is 2.87. The predicted molar refractivity (Wildman–Crippen MR) is 98.1 cm³/mol. The number of piperazine rings is 1. The Kier molecular flexibility index (Phi) is 5.14. The zero-order chi connectivity index (χ0) is 18.0. The fraction of sp³-hybridized carbons (Fsp3) is 0.500. The Morgan fingerprint density at radius 1 is 1.36 bits per heavy atom. The highest BCUT2D eigenvalue weighted by molar-refractivity contribution is 7.80. The number of nitrogens with two attached hydrogens (primary N) is 1. The van der Waals surface area contributed by atoms with Crippen LogP contribution in [-0.4, -0.2) is 69.4 Å². The van der Waals surface area contributed by atoms with Gasteiger partial charge in [0.15, 0.2) is 0 Å². The molecule has 0 spiro atoms. The third-order valence-electron chi connectivity index (χ3n) is 4.28. The molecule has 3 heterocycles. The molecule has 1 saturated heterocycles. The molecule has 0 aromatic carbocycles. The summed E-state index contributed by atoms with van der Waals surface area (Å²) in [6.07, 6.45) is 2.40. The van der Waals surface area contributed by atoms with E-state index >= 15 is 0 Å². The van der Waals surface area contributed by atoms with E-state index < -0.39 is 0 Å². The van der Waals surface area contributed by atoms with Gasteiger partial charge in [-0.1, -0.05) is 0 Å². The zero-order valence-corrected chi connectivity index (χ0v) is 15.3. The van der Waals surface area contributed by atoms with Crippen molar-refractivity contribution in [3.8, 4) is 5.75 Å². The van der Waals surface area contributed by atoms with Gasteiger partial charge in [0.25, 0.3) is 0 Å². The monoisotopic (exact) mass is 362 g/mol. The van der Waals surface area contributed by atoms with E-state index in [1.165, 1.54) is 5.12 Å². The summed E-state index contributed by atoms with van der Waals surface area (Å²) in [5, 5.41) is 6.13. The lowest BCUT2D eigenvalue weighted by atomic mass is 10.1. The Morgan fingerprint density at radius 2 is 2.04 bits per heavy atom. The first-order valence-electron chi connectivity index (χ1n) is 8.22. The number of amides is 1. The summed E-state index contributed by atoms with van der Waals surface area (Å²) in [6, 6.07) is 1.94. The van der Waals surface area contributed by atoms with Gasteiger partial charge >= 0.3 is 0 Å². The minimum atomic E-state index is 0.0793. The maximum atomic E-state index is 11.4. The van der Waals surface area contributed by atoms with Gasteiger partial charge in [-0.3, -0.25) is 9.78 Å². The Balaban J connectivity index is 1.70. The maximum absolute atomic E-state index is 11.4. The van der Waals surface area contributed by atoms with Crippen molar-refractivity contribution in [2.75, 3.05) is 32.8 Å². The second kappa shape index (κ2) is 7.32. The first kappa shape index (κ1) is 17.6. The second-order valence-corrected chi connectivity index (χ2v) is 6.49. The molecule has 0 radical (unpaired) electrons. The van der Waals surface area contributed by atoms with Crippen LogP contribution in [0.5, 0.6) is 5.75 Å². The van der Waals surface area contributed by atoms with E-state index in [0.29, 0.717) is 50.0 Å². The zero-order valence-electron chi connectivity index (χ0n) is 14.4. The normalized spacial score (nSPS) is 18.6. The molecule has 1 fully saturated rings. The van der Waals surface area contributed by atoms with Crippen molar-refractivity contribution in [2.45, 2.75) is 20.3 Å². The van der Waals surface area contributed by atoms with Gasteiger partial charge in [0.1, 0.15) is 11.4 Å². The third-order valence-corrected chi connectivity index (χ3v) is 4.72. The van der Waals surface area contributed by atoms with E-state index in [4.69, 9.17) is 22.8 Å². The molecule has 2 aliphatic rings. The number of pyridine rings is 1. The van der Waals surface area contributed by atoms with Gasteiger partial charge in [0.2, 0.25) is 11.0 Å². The van der Waals surface area contributed by atoms with Gasteiger partial charge in [-0.25, -0.2) is 5.84 Å². The van der Waals surface area contributed by atoms with Crippen molar-refractivity contribution in [3.63, 3.8) is 0 Å². The molecule has 0 saturated carbocycles. The van der Waals surface area contributed by atoms with Crippen molar-refractivity contribution in [3.05, 3.63) is 23.5 Å². The summed E-state index contributed by atoms with van der Waals surface area (Å²) in [7, 11) is 0. The molecule has 134 valence electrons. The highest BCUT2D eigenvalue weighted by Gasteiger charge is 2.24. The van der Waals surface area contributed by atoms with Crippen LogP contribution in [-0.2, 0) is 4.79 Å². The minimum Gasteiger partial charge on any atom is -0.491 e. The van der Waals surface area contributed by atoms with E-state index in [-0.39, 0.29) is 5.91 Å². The van der Waals surface area contributed by atoms with E-state index in [2.05, 4.69) is 10.1 Å². The molecule has 0 atom stereocenters. The van der Waals surface area contributed by atoms with Gasteiger partial charge in [-0.15, -0.1) is 0 Å². The standard InChI is InChI=1S/C16H22N6O2S/c1-11-9-14-15(18-10-11)13(3-8-24-14)19-22(17)16(25)21-6-4-20(5-7-21)12(2)23/h9-10H,3-8,17H2,1-2H3/b19-13-. The van der Waals surface area contributed by atoms with Crippen LogP contribution in [0.2, 0.25) is 0 Å². The summed E-state index contributed by atoms with van der Waals surface area (Å²) in [6.45, 7) is 6.64. The first-order valence-corrected chi connectivity index (χ1v) is 8.63. The molecule has 1 aromatic rings. The molecular formula is C16H22N6O2S. The number of carbonyl (C=O) groups excluding carboxylic acids is 1. The molecular weight excluding hydrogens is 340 g/mol. The molecule has 2 N–H and O–H groups in total. The number of hydrogen-bond donors (Lipinski definition) is 1. The van der Waals surface area contributed by atoms with Crippen molar-refractivity contribution in [1.82, 2.24) is 19.9 Å². The smallest absolute Gasteiger partial charge is 0.219 e. The van der Waals surface area contributed by atoms with Crippen molar-refractivity contribution in [2.24, 2.45) is 10.9 Å². The van der Waals surface area contributed by atoms with Crippen LogP contribution in [0.1, 0.15) is 24.6 Å². The van der Waals surface area contributed by atoms with Gasteiger partial charge in [-0.05, 0) is 30.8 Å². The number of fused-ring (bicyclic) bond motifs is 1. The molecule has 3 rings (SSSR count). The number of carbonyl (C=O) groups is 1. The van der Waals surface area contributed by atoms with E-state index in [1.807, 2.05) is 17.9 Å². The number of hydrazone groups is 1. The minimum absolute atomic E-state index is 0.0793. The summed E-state index contributed by atoms with van der Waals surface area (Å²) >= 11 is 5.45. The number of aryl methyl sites for hydroxylation is 1. The molecule has 8 nitrogen and oxygen atoms in total. The average molecular weight is 362 g/mol. The summed E-state index contributed by atoms with van der Waals surface area (Å²) in [5.41, 5.74) is 2.49. The Bertz CT molecular complexity index is 715. The third kappa shape index (κ3) is 3.88. The summed E-state index contributed by atoms with van der Waals surface area (Å²) < 4.78 is 5.64. The van der Waals surface area contributed by atoms with Crippen molar-refractivity contribution < 1.29 is 9.53 Å². The highest BCUT2D eigenvalue weighted by atomic mass is 32.1. The van der Waals surface area contributed by atoms with Crippen LogP contribution >= 0.6 is 12.2 Å². The number of rotatable bonds is 1. The van der Waals surface area contributed by atoms with Crippen molar-refractivity contribution >= 4 is 28.9 Å². The van der Waals surface area contributed by atoms with Gasteiger partial charge < -0.3 is 14.5 Å². The largest absolute Gasteiger partial charge is 0.491 e. The summed E-state index contributed by atoms with van der Waals surface area (Å²) in [4.78, 5) is 19.6. The molecule has 1 aromatic heterocycles. The number of hydrogen-bond acceptors (Lipinski definition) is 6. The van der Waals surface area contributed by atoms with Crippen LogP contribution in [0.25, 0.3) is 0 Å². The quantitative estimate of drug-likeness (QED) is 0.442. The topological polar surface area (TPSA) is 87.3 Å². The lowest BCUT2D eigenvalue weighted by molar-refractivity contribution is -0.130. The number of nitrogens with zero attached hydrogens (tertiary/aromatic N) is 5. The lowest BCUT2D eigenvalue weighted by Gasteiger charge is -2.36. The SMILES string of the molecule is CC(=O)N1CCN(C(=S)N(N)/N=C2/CCOc3cc(C)cnc32)CC1. The van der Waals surface area contributed by atoms with E-state index in [1.54, 1.807) is 18.0 Å². The Labute approximate surface area is 152 Å². The number of thiocarbonyl (C=S) groups is 1. The number of ether oxygens (including phenoxy) is 1. The van der Waals surface area contributed by atoms with Gasteiger partial charge in [-0.2, -0.15) is 10.2 Å². The van der Waals surface area contributed by atoms with Gasteiger partial charge in [0, 0.05) is 45.7 Å². The van der Waals surface area contributed by atoms with Crippen molar-refractivity contribution in [1.29, 1.82) is 0 Å². The maximum Gasteiger partial charge on any atom is 0.219 e. The van der Waals surface area contributed by atoms with Crippen LogP contribution in [0.3, 0.4) is 0 Å². The molecule has 0 unspecified atom stereocenters. The second-order valence-electron chi connectivity index (χ2n) is 6.12. The number of aromatic nitrogens is 1. The van der Waals surface area contributed by atoms with Gasteiger partial charge in [0.05, 0.1) is 12.3 Å². The molecule has 2 aliphatic heterocycles. The molecule has 1 amide bonds. The average Bonchev–Trinajstić information content (AvgIpc) is 2.61. The Morgan fingerprint density at radius 3 is 2.72 bits per heavy atom. The van der Waals surface area contributed by atoms with Crippen LogP contribution in [0, 0.1) is 6.92 Å². The summed E-state index contributed by atoms with van der Waals surface area (Å²) in [5.74, 6) is 6.88. The molecule has 25 heavy (non-hydrogen) atoms. The first-order chi connectivity index (χ1) is 12.0.